The first-order valence-electron chi connectivity index (χ1n) is 7.37. The number of aromatic amines is 1. The first-order chi connectivity index (χ1) is 9.79. The molecular weight excluding hydrogens is 254 g/mol. The molecule has 0 aromatic carbocycles. The molecule has 0 radical (unpaired) electrons. The average molecular weight is 273 g/mol. The predicted molar refractivity (Wildman–Crippen MR) is 71.9 cm³/mol. The minimum atomic E-state index is 0.0888. The van der Waals surface area contributed by atoms with Crippen molar-refractivity contribution >= 4 is 0 Å². The van der Waals surface area contributed by atoms with Crippen LogP contribution in [0.5, 0.6) is 0 Å². The first-order valence-corrected chi connectivity index (χ1v) is 7.37. The van der Waals surface area contributed by atoms with Gasteiger partial charge in [-0.2, -0.15) is 4.98 Å². The van der Waals surface area contributed by atoms with E-state index < -0.39 is 0 Å². The molecule has 4 rings (SSSR count). The lowest BCUT2D eigenvalue weighted by atomic mass is 10.0. The third-order valence-electron chi connectivity index (χ3n) is 4.55. The zero-order valence-corrected chi connectivity index (χ0v) is 11.6. The summed E-state index contributed by atoms with van der Waals surface area (Å²) in [7, 11) is 0. The second-order valence-electron chi connectivity index (χ2n) is 6.07. The van der Waals surface area contributed by atoms with Crippen LogP contribution >= 0.6 is 0 Å². The van der Waals surface area contributed by atoms with E-state index in [1.54, 1.807) is 6.33 Å². The molecular formula is C14H19N5O. The maximum atomic E-state index is 5.48. The highest BCUT2D eigenvalue weighted by Gasteiger charge is 2.30. The molecule has 1 saturated carbocycles. The summed E-state index contributed by atoms with van der Waals surface area (Å²) in [6.45, 7) is 3.07. The van der Waals surface area contributed by atoms with Gasteiger partial charge < -0.3 is 9.51 Å². The van der Waals surface area contributed by atoms with Crippen LogP contribution in [0.4, 0.5) is 0 Å². The van der Waals surface area contributed by atoms with Gasteiger partial charge in [0.1, 0.15) is 0 Å². The van der Waals surface area contributed by atoms with Gasteiger partial charge in [-0.25, -0.2) is 4.98 Å². The monoisotopic (exact) mass is 273 g/mol. The summed E-state index contributed by atoms with van der Waals surface area (Å²) in [6, 6.07) is 0.0888. The molecule has 0 spiro atoms. The molecule has 0 amide bonds. The Hall–Kier alpha value is -1.69. The fourth-order valence-corrected chi connectivity index (χ4v) is 3.34. The van der Waals surface area contributed by atoms with Crippen LogP contribution in [0.15, 0.2) is 10.9 Å². The zero-order valence-electron chi connectivity index (χ0n) is 11.6. The number of hydrogen-bond donors (Lipinski definition) is 2. The van der Waals surface area contributed by atoms with Crippen LogP contribution in [0.25, 0.3) is 0 Å². The normalized spacial score (nSPS) is 29.6. The van der Waals surface area contributed by atoms with Gasteiger partial charge in [0.05, 0.1) is 23.8 Å². The van der Waals surface area contributed by atoms with Gasteiger partial charge in [0, 0.05) is 18.9 Å². The molecule has 106 valence electrons. The molecule has 6 nitrogen and oxygen atoms in total. The smallest absolute Gasteiger partial charge is 0.244 e. The lowest BCUT2D eigenvalue weighted by Gasteiger charge is -2.19. The lowest BCUT2D eigenvalue weighted by molar-refractivity contribution is 0.315. The Bertz CT molecular complexity index is 604. The highest BCUT2D eigenvalue weighted by Crippen LogP contribution is 2.37. The van der Waals surface area contributed by atoms with Crippen LogP contribution in [0.3, 0.4) is 0 Å². The molecule has 2 aromatic heterocycles. The second kappa shape index (κ2) is 4.70. The van der Waals surface area contributed by atoms with E-state index in [2.05, 4.69) is 32.3 Å². The summed E-state index contributed by atoms with van der Waals surface area (Å²) in [6.07, 6.45) is 6.19. The zero-order chi connectivity index (χ0) is 13.5. The molecule has 1 fully saturated rings. The van der Waals surface area contributed by atoms with E-state index >= 15 is 0 Å². The SMILES string of the molecule is CC1CCC(c2noc(C3Cc4nc[nH]c4CN3)n2)C1. The molecule has 3 heterocycles. The Morgan fingerprint density at radius 1 is 1.35 bits per heavy atom. The molecule has 1 aliphatic heterocycles. The topological polar surface area (TPSA) is 79.6 Å². The minimum Gasteiger partial charge on any atom is -0.347 e. The van der Waals surface area contributed by atoms with Crippen molar-refractivity contribution in [2.45, 2.75) is 51.1 Å². The summed E-state index contributed by atoms with van der Waals surface area (Å²) >= 11 is 0. The van der Waals surface area contributed by atoms with E-state index in [0.717, 1.165) is 36.1 Å². The Kier molecular flexibility index (Phi) is 2.84. The lowest BCUT2D eigenvalue weighted by Crippen LogP contribution is -2.28. The fourth-order valence-electron chi connectivity index (χ4n) is 3.34. The standard InChI is InChI=1S/C14H19N5O/c1-8-2-3-9(4-8)13-18-14(20-19-13)11-5-10-12(6-15-11)17-7-16-10/h7-9,11,15H,2-6H2,1H3,(H,16,17). The Labute approximate surface area is 117 Å². The van der Waals surface area contributed by atoms with Crippen LogP contribution in [-0.4, -0.2) is 20.1 Å². The predicted octanol–water partition coefficient (Wildman–Crippen LogP) is 2.08. The highest BCUT2D eigenvalue weighted by molar-refractivity contribution is 5.17. The van der Waals surface area contributed by atoms with E-state index in [4.69, 9.17) is 4.52 Å². The van der Waals surface area contributed by atoms with Crippen molar-refractivity contribution in [1.29, 1.82) is 0 Å². The molecule has 2 N–H and O–H groups in total. The van der Waals surface area contributed by atoms with E-state index in [-0.39, 0.29) is 6.04 Å². The van der Waals surface area contributed by atoms with Crippen LogP contribution in [-0.2, 0) is 13.0 Å². The van der Waals surface area contributed by atoms with Crippen molar-refractivity contribution in [2.75, 3.05) is 0 Å². The number of aromatic nitrogens is 4. The summed E-state index contributed by atoms with van der Waals surface area (Å²) in [5, 5.41) is 7.62. The average Bonchev–Trinajstić information content (AvgIpc) is 3.17. The number of nitrogens with one attached hydrogen (secondary N) is 2. The van der Waals surface area contributed by atoms with Crippen LogP contribution < -0.4 is 5.32 Å². The number of nitrogens with zero attached hydrogens (tertiary/aromatic N) is 3. The molecule has 2 aromatic rings. The maximum absolute atomic E-state index is 5.48. The minimum absolute atomic E-state index is 0.0888. The number of hydrogen-bond acceptors (Lipinski definition) is 5. The molecule has 1 aliphatic carbocycles. The van der Waals surface area contributed by atoms with E-state index in [1.165, 1.54) is 19.3 Å². The van der Waals surface area contributed by atoms with Gasteiger partial charge >= 0.3 is 0 Å². The number of H-pyrrole nitrogens is 1. The summed E-state index contributed by atoms with van der Waals surface area (Å²) in [5.74, 6) is 2.85. The molecule has 0 bridgehead atoms. The van der Waals surface area contributed by atoms with Crippen LogP contribution in [0, 0.1) is 5.92 Å². The molecule has 20 heavy (non-hydrogen) atoms. The first kappa shape index (κ1) is 12.1. The van der Waals surface area contributed by atoms with Gasteiger partial charge in [-0.05, 0) is 25.2 Å². The van der Waals surface area contributed by atoms with Gasteiger partial charge in [0.15, 0.2) is 5.82 Å². The molecule has 3 unspecified atom stereocenters. The van der Waals surface area contributed by atoms with E-state index in [1.807, 2.05) is 0 Å². The second-order valence-corrected chi connectivity index (χ2v) is 6.07. The molecule has 0 saturated heterocycles. The fraction of sp³-hybridized carbons (Fsp3) is 0.643. The van der Waals surface area contributed by atoms with Crippen molar-refractivity contribution in [1.82, 2.24) is 25.4 Å². The Balaban J connectivity index is 1.51. The summed E-state index contributed by atoms with van der Waals surface area (Å²) < 4.78 is 5.48. The van der Waals surface area contributed by atoms with Crippen molar-refractivity contribution in [2.24, 2.45) is 5.92 Å². The van der Waals surface area contributed by atoms with Crippen molar-refractivity contribution in [3.63, 3.8) is 0 Å². The van der Waals surface area contributed by atoms with Gasteiger partial charge in [-0.3, -0.25) is 5.32 Å². The van der Waals surface area contributed by atoms with Crippen molar-refractivity contribution < 1.29 is 4.52 Å². The number of fused-ring (bicyclic) bond motifs is 1. The molecule has 6 heteroatoms. The third kappa shape index (κ3) is 2.04. The molecule has 3 atom stereocenters. The van der Waals surface area contributed by atoms with Gasteiger partial charge in [-0.1, -0.05) is 12.1 Å². The summed E-state index contributed by atoms with van der Waals surface area (Å²) in [4.78, 5) is 12.1. The maximum Gasteiger partial charge on any atom is 0.244 e. The van der Waals surface area contributed by atoms with Crippen molar-refractivity contribution in [3.8, 4) is 0 Å². The van der Waals surface area contributed by atoms with Crippen LogP contribution in [0.1, 0.15) is 61.2 Å². The van der Waals surface area contributed by atoms with E-state index in [9.17, 15) is 0 Å². The largest absolute Gasteiger partial charge is 0.347 e. The molecule has 2 aliphatic rings. The van der Waals surface area contributed by atoms with Crippen LogP contribution in [0.2, 0.25) is 0 Å². The third-order valence-corrected chi connectivity index (χ3v) is 4.55. The van der Waals surface area contributed by atoms with Gasteiger partial charge in [0.25, 0.3) is 0 Å². The van der Waals surface area contributed by atoms with Gasteiger partial charge in [-0.15, -0.1) is 0 Å². The van der Waals surface area contributed by atoms with E-state index in [0.29, 0.717) is 11.8 Å². The highest BCUT2D eigenvalue weighted by atomic mass is 16.5. The number of rotatable bonds is 2. The van der Waals surface area contributed by atoms with Gasteiger partial charge in [0.2, 0.25) is 5.89 Å². The number of imidazole rings is 1. The quantitative estimate of drug-likeness (QED) is 0.875. The Morgan fingerprint density at radius 3 is 3.15 bits per heavy atom. The Morgan fingerprint density at radius 2 is 2.30 bits per heavy atom. The van der Waals surface area contributed by atoms with Crippen molar-refractivity contribution in [3.05, 3.63) is 29.4 Å². The summed E-state index contributed by atoms with van der Waals surface area (Å²) in [5.41, 5.74) is 2.26.